The third-order valence-corrected chi connectivity index (χ3v) is 8.33. The van der Waals surface area contributed by atoms with Crippen LogP contribution in [0.15, 0.2) is 91.0 Å². The molecular weight excluding hydrogens is 473 g/mol. The monoisotopic (exact) mass is 507 g/mol. The number of rotatable bonds is 7. The molecule has 1 aliphatic heterocycles. The summed E-state index contributed by atoms with van der Waals surface area (Å²) in [5.74, 6) is -0.192. The van der Waals surface area contributed by atoms with E-state index in [9.17, 15) is 9.18 Å². The molecule has 0 spiro atoms. The fourth-order valence-corrected chi connectivity index (χ4v) is 6.22. The lowest BCUT2D eigenvalue weighted by Gasteiger charge is -2.46. The zero-order valence-corrected chi connectivity index (χ0v) is 21.6. The van der Waals surface area contributed by atoms with Gasteiger partial charge in [0.1, 0.15) is 5.82 Å². The van der Waals surface area contributed by atoms with E-state index in [-0.39, 0.29) is 17.4 Å². The quantitative estimate of drug-likeness (QED) is 0.274. The maximum atomic E-state index is 13.4. The lowest BCUT2D eigenvalue weighted by molar-refractivity contribution is 0.109. The van der Waals surface area contributed by atoms with E-state index in [1.54, 1.807) is 12.1 Å². The number of anilines is 1. The van der Waals surface area contributed by atoms with Crippen molar-refractivity contribution in [3.63, 3.8) is 0 Å². The second-order valence-electron chi connectivity index (χ2n) is 10.9. The predicted octanol–water partition coefficient (Wildman–Crippen LogP) is 7.40. The van der Waals surface area contributed by atoms with Gasteiger partial charge in [0.15, 0.2) is 0 Å². The molecule has 1 saturated carbocycles. The molecule has 2 amide bonds. The highest BCUT2D eigenvalue weighted by Crippen LogP contribution is 2.37. The second kappa shape index (κ2) is 10.6. The van der Waals surface area contributed by atoms with Crippen molar-refractivity contribution >= 4 is 22.5 Å². The smallest absolute Gasteiger partial charge is 0.319 e. The van der Waals surface area contributed by atoms with Crippen LogP contribution in [0.5, 0.6) is 0 Å². The third kappa shape index (κ3) is 5.16. The molecule has 6 rings (SSSR count). The van der Waals surface area contributed by atoms with Crippen LogP contribution in [0.3, 0.4) is 0 Å². The van der Waals surface area contributed by atoms with Crippen LogP contribution in [-0.2, 0) is 6.42 Å². The molecule has 2 fully saturated rings. The van der Waals surface area contributed by atoms with Crippen LogP contribution in [0.25, 0.3) is 21.9 Å². The number of nitrogens with one attached hydrogen (secondary N) is 2. The van der Waals surface area contributed by atoms with Crippen LogP contribution in [0, 0.1) is 5.82 Å². The molecule has 4 aromatic carbocycles. The highest BCUT2D eigenvalue weighted by molar-refractivity contribution is 6.02. The Hall–Kier alpha value is -3.70. The van der Waals surface area contributed by atoms with Crippen LogP contribution >= 0.6 is 0 Å². The van der Waals surface area contributed by atoms with E-state index >= 15 is 0 Å². The van der Waals surface area contributed by atoms with Crippen molar-refractivity contribution in [3.8, 4) is 11.1 Å². The van der Waals surface area contributed by atoms with Gasteiger partial charge >= 0.3 is 6.03 Å². The van der Waals surface area contributed by atoms with Crippen molar-refractivity contribution in [1.29, 1.82) is 0 Å². The fraction of sp³-hybridized carbons (Fsp3) is 0.303. The summed E-state index contributed by atoms with van der Waals surface area (Å²) in [6.45, 7) is 1.90. The number of hydrogen-bond donors (Lipinski definition) is 2. The summed E-state index contributed by atoms with van der Waals surface area (Å²) in [6.07, 6.45) is 6.32. The molecule has 1 saturated heterocycles. The first-order valence-corrected chi connectivity index (χ1v) is 13.7. The number of urea groups is 1. The Morgan fingerprint density at radius 1 is 0.868 bits per heavy atom. The molecule has 0 bridgehead atoms. The van der Waals surface area contributed by atoms with Gasteiger partial charge in [0.2, 0.25) is 0 Å². The van der Waals surface area contributed by atoms with Gasteiger partial charge < -0.3 is 10.6 Å². The van der Waals surface area contributed by atoms with E-state index in [0.717, 1.165) is 68.4 Å². The van der Waals surface area contributed by atoms with E-state index in [1.807, 2.05) is 36.4 Å². The molecular formula is C33H34FN3O. The molecule has 0 radical (unpaired) electrons. The Balaban J connectivity index is 1.16. The molecule has 1 atom stereocenters. The second-order valence-corrected chi connectivity index (χ2v) is 10.9. The van der Waals surface area contributed by atoms with E-state index in [2.05, 4.69) is 58.0 Å². The van der Waals surface area contributed by atoms with Gasteiger partial charge in [-0.05, 0) is 85.2 Å². The average molecular weight is 508 g/mol. The van der Waals surface area contributed by atoms with Crippen LogP contribution in [0.1, 0.15) is 37.7 Å². The number of fused-ring (bicyclic) bond motifs is 1. The van der Waals surface area contributed by atoms with E-state index in [0.29, 0.717) is 6.04 Å². The maximum absolute atomic E-state index is 13.4. The van der Waals surface area contributed by atoms with Crippen molar-refractivity contribution < 1.29 is 9.18 Å². The van der Waals surface area contributed by atoms with Crippen LogP contribution in [-0.4, -0.2) is 35.6 Å². The summed E-state index contributed by atoms with van der Waals surface area (Å²) in [6, 6.07) is 29.8. The standard InChI is InChI=1S/C33H34FN3O/c34-26-17-15-24(16-18-26)22-27-10-6-21-37(27)23-33(19-7-20-33)36-32(38)35-31-14-4-3-12-30(31)29-13-5-9-25-8-1-2-11-28(25)29/h1-5,8-9,11-18,27H,6-7,10,19-23H2,(H2,35,36,38). The number of amides is 2. The number of hydrogen-bond acceptors (Lipinski definition) is 2. The van der Waals surface area contributed by atoms with Crippen molar-refractivity contribution in [1.82, 2.24) is 10.2 Å². The molecule has 38 heavy (non-hydrogen) atoms. The van der Waals surface area contributed by atoms with Gasteiger partial charge in [-0.15, -0.1) is 0 Å². The van der Waals surface area contributed by atoms with Gasteiger partial charge in [-0.3, -0.25) is 4.90 Å². The van der Waals surface area contributed by atoms with E-state index in [4.69, 9.17) is 0 Å². The van der Waals surface area contributed by atoms with Crippen molar-refractivity contribution in [2.24, 2.45) is 0 Å². The number of para-hydroxylation sites is 1. The number of carbonyl (C=O) groups is 1. The molecule has 4 nitrogen and oxygen atoms in total. The SMILES string of the molecule is O=C(Nc1ccccc1-c1cccc2ccccc12)NC1(CN2CCCC2Cc2ccc(F)cc2)CCC1. The first-order chi connectivity index (χ1) is 18.6. The minimum atomic E-state index is -0.205. The molecule has 2 aliphatic rings. The van der Waals surface area contributed by atoms with Crippen LogP contribution in [0.4, 0.5) is 14.9 Å². The Morgan fingerprint density at radius 2 is 1.61 bits per heavy atom. The van der Waals surface area contributed by atoms with Gasteiger partial charge in [0.05, 0.1) is 11.2 Å². The zero-order valence-electron chi connectivity index (χ0n) is 21.6. The molecule has 194 valence electrons. The summed E-state index contributed by atoms with van der Waals surface area (Å²) < 4.78 is 13.4. The molecule has 1 unspecified atom stereocenters. The Morgan fingerprint density at radius 3 is 2.42 bits per heavy atom. The molecule has 2 N–H and O–H groups in total. The maximum Gasteiger partial charge on any atom is 0.319 e. The summed E-state index contributed by atoms with van der Waals surface area (Å²) in [5, 5.41) is 8.89. The highest BCUT2D eigenvalue weighted by atomic mass is 19.1. The summed E-state index contributed by atoms with van der Waals surface area (Å²) in [5.41, 5.74) is 3.90. The highest BCUT2D eigenvalue weighted by Gasteiger charge is 2.42. The molecule has 1 aliphatic carbocycles. The molecule has 4 aromatic rings. The van der Waals surface area contributed by atoms with Crippen LogP contribution in [0.2, 0.25) is 0 Å². The van der Waals surface area contributed by atoms with Gasteiger partial charge in [-0.2, -0.15) is 0 Å². The lowest BCUT2D eigenvalue weighted by atomic mass is 9.76. The zero-order chi connectivity index (χ0) is 26.0. The van der Waals surface area contributed by atoms with Gasteiger partial charge in [-0.1, -0.05) is 72.8 Å². The normalized spacial score (nSPS) is 18.7. The van der Waals surface area contributed by atoms with E-state index in [1.165, 1.54) is 16.3 Å². The summed E-state index contributed by atoms with van der Waals surface area (Å²) >= 11 is 0. The third-order valence-electron chi connectivity index (χ3n) is 8.33. The molecule has 1 heterocycles. The first kappa shape index (κ1) is 24.6. The largest absolute Gasteiger partial charge is 0.331 e. The van der Waals surface area contributed by atoms with Gasteiger partial charge in [-0.25, -0.2) is 9.18 Å². The van der Waals surface area contributed by atoms with Crippen molar-refractivity contribution in [2.45, 2.75) is 50.1 Å². The van der Waals surface area contributed by atoms with Gasteiger partial charge in [0.25, 0.3) is 0 Å². The first-order valence-electron chi connectivity index (χ1n) is 13.7. The Kier molecular flexibility index (Phi) is 6.86. The fourth-order valence-electron chi connectivity index (χ4n) is 6.22. The number of halogens is 1. The van der Waals surface area contributed by atoms with Crippen LogP contribution < -0.4 is 10.6 Å². The summed E-state index contributed by atoms with van der Waals surface area (Å²) in [4.78, 5) is 15.9. The number of benzene rings is 4. The number of nitrogens with zero attached hydrogens (tertiary/aromatic N) is 1. The topological polar surface area (TPSA) is 44.4 Å². The van der Waals surface area contributed by atoms with E-state index < -0.39 is 0 Å². The van der Waals surface area contributed by atoms with Crippen molar-refractivity contribution in [3.05, 3.63) is 102 Å². The molecule has 0 aromatic heterocycles. The number of likely N-dealkylation sites (tertiary alicyclic amines) is 1. The predicted molar refractivity (Wildman–Crippen MR) is 153 cm³/mol. The lowest BCUT2D eigenvalue weighted by Crippen LogP contribution is -2.61. The van der Waals surface area contributed by atoms with Crippen molar-refractivity contribution in [2.75, 3.05) is 18.4 Å². The Bertz CT molecular complexity index is 1420. The average Bonchev–Trinajstić information content (AvgIpc) is 3.35. The number of carbonyl (C=O) groups excluding carboxylic acids is 1. The summed E-state index contributed by atoms with van der Waals surface area (Å²) in [7, 11) is 0. The Labute approximate surface area is 223 Å². The minimum Gasteiger partial charge on any atom is -0.331 e. The minimum absolute atomic E-state index is 0.147. The molecule has 5 heteroatoms. The van der Waals surface area contributed by atoms with Gasteiger partial charge in [0, 0.05) is 18.2 Å².